The number of halogens is 1. The molecule has 0 N–H and O–H groups in total. The summed E-state index contributed by atoms with van der Waals surface area (Å²) in [6.07, 6.45) is 4.87. The minimum atomic E-state index is 0.780. The maximum atomic E-state index is 5.67. The summed E-state index contributed by atoms with van der Waals surface area (Å²) in [6, 6.07) is 8.14. The molecule has 0 saturated carbocycles. The second kappa shape index (κ2) is 6.97. The van der Waals surface area contributed by atoms with Gasteiger partial charge in [-0.05, 0) is 25.0 Å². The first-order chi connectivity index (χ1) is 8.40. The van der Waals surface area contributed by atoms with Gasteiger partial charge in [0, 0.05) is 5.33 Å². The molecule has 2 rings (SSSR count). The Labute approximate surface area is 114 Å². The number of aromatic nitrogens is 1. The fourth-order valence-electron chi connectivity index (χ4n) is 1.62. The molecule has 0 amide bonds. The Morgan fingerprint density at radius 1 is 1.12 bits per heavy atom. The first-order valence-corrected chi connectivity index (χ1v) is 7.88. The van der Waals surface area contributed by atoms with Crippen molar-refractivity contribution >= 4 is 37.5 Å². The maximum absolute atomic E-state index is 5.67. The molecule has 0 saturated heterocycles. The Kier molecular flexibility index (Phi) is 5.26. The van der Waals surface area contributed by atoms with E-state index in [9.17, 15) is 0 Å². The molecule has 0 radical (unpaired) electrons. The van der Waals surface area contributed by atoms with Crippen LogP contribution in [0.5, 0.6) is 5.19 Å². The van der Waals surface area contributed by atoms with Gasteiger partial charge in [0.1, 0.15) is 0 Å². The number of hydrogen-bond donors (Lipinski definition) is 0. The van der Waals surface area contributed by atoms with Crippen molar-refractivity contribution in [3.8, 4) is 5.19 Å². The number of ether oxygens (including phenoxy) is 1. The molecular weight excluding hydrogens is 298 g/mol. The normalized spacial score (nSPS) is 10.9. The number of unbranched alkanes of at least 4 members (excludes halogenated alkanes) is 3. The molecule has 1 heterocycles. The molecule has 0 bridgehead atoms. The van der Waals surface area contributed by atoms with E-state index >= 15 is 0 Å². The number of thiazole rings is 1. The fourth-order valence-corrected chi connectivity index (χ4v) is 2.86. The van der Waals surface area contributed by atoms with Crippen LogP contribution in [0.2, 0.25) is 0 Å². The van der Waals surface area contributed by atoms with Crippen LogP contribution in [-0.4, -0.2) is 16.9 Å². The second-order valence-electron chi connectivity index (χ2n) is 3.90. The van der Waals surface area contributed by atoms with Gasteiger partial charge in [-0.1, -0.05) is 52.2 Å². The van der Waals surface area contributed by atoms with Gasteiger partial charge in [0.25, 0.3) is 5.19 Å². The van der Waals surface area contributed by atoms with E-state index in [-0.39, 0.29) is 0 Å². The number of nitrogens with zero attached hydrogens (tertiary/aromatic N) is 1. The largest absolute Gasteiger partial charge is 0.470 e. The van der Waals surface area contributed by atoms with Gasteiger partial charge in [-0.25, -0.2) is 4.98 Å². The maximum Gasteiger partial charge on any atom is 0.274 e. The van der Waals surface area contributed by atoms with Crippen LogP contribution in [-0.2, 0) is 0 Å². The molecule has 1 aromatic carbocycles. The lowest BCUT2D eigenvalue weighted by Gasteiger charge is -2.01. The van der Waals surface area contributed by atoms with Crippen molar-refractivity contribution < 1.29 is 4.74 Å². The zero-order chi connectivity index (χ0) is 11.9. The Balaban J connectivity index is 1.75. The summed E-state index contributed by atoms with van der Waals surface area (Å²) in [7, 11) is 0. The van der Waals surface area contributed by atoms with Crippen LogP contribution in [0.3, 0.4) is 0 Å². The highest BCUT2D eigenvalue weighted by Crippen LogP contribution is 2.27. The Bertz CT molecular complexity index is 424. The number of alkyl halides is 1. The molecule has 0 aliphatic heterocycles. The molecule has 0 spiro atoms. The van der Waals surface area contributed by atoms with Crippen molar-refractivity contribution in [2.45, 2.75) is 25.7 Å². The van der Waals surface area contributed by atoms with Crippen LogP contribution in [0.4, 0.5) is 0 Å². The molecule has 0 fully saturated rings. The smallest absolute Gasteiger partial charge is 0.274 e. The summed E-state index contributed by atoms with van der Waals surface area (Å²) in [5.74, 6) is 0. The molecule has 0 atom stereocenters. The summed E-state index contributed by atoms with van der Waals surface area (Å²) >= 11 is 5.06. The number of hydrogen-bond acceptors (Lipinski definition) is 3. The highest BCUT2D eigenvalue weighted by atomic mass is 79.9. The third-order valence-electron chi connectivity index (χ3n) is 2.53. The SMILES string of the molecule is BrCCCCCCOc1nc2ccccc2s1. The van der Waals surface area contributed by atoms with Gasteiger partial charge < -0.3 is 4.74 Å². The molecular formula is C13H16BrNOS. The quantitative estimate of drug-likeness (QED) is 0.549. The van der Waals surface area contributed by atoms with Gasteiger partial charge in [-0.2, -0.15) is 0 Å². The van der Waals surface area contributed by atoms with E-state index in [0.717, 1.165) is 29.1 Å². The molecule has 2 nitrogen and oxygen atoms in total. The third-order valence-corrected chi connectivity index (χ3v) is 4.04. The van der Waals surface area contributed by atoms with E-state index in [1.807, 2.05) is 18.2 Å². The van der Waals surface area contributed by atoms with Gasteiger partial charge in [-0.15, -0.1) is 0 Å². The number of rotatable bonds is 7. The van der Waals surface area contributed by atoms with Gasteiger partial charge in [0.2, 0.25) is 0 Å². The summed E-state index contributed by atoms with van der Waals surface area (Å²) in [4.78, 5) is 4.44. The summed E-state index contributed by atoms with van der Waals surface area (Å²) in [5.41, 5.74) is 1.03. The molecule has 0 aliphatic rings. The van der Waals surface area contributed by atoms with Crippen molar-refractivity contribution in [3.63, 3.8) is 0 Å². The minimum absolute atomic E-state index is 0.780. The van der Waals surface area contributed by atoms with E-state index in [4.69, 9.17) is 4.74 Å². The second-order valence-corrected chi connectivity index (χ2v) is 5.69. The lowest BCUT2D eigenvalue weighted by molar-refractivity contribution is 0.304. The molecule has 0 unspecified atom stereocenters. The van der Waals surface area contributed by atoms with Crippen LogP contribution < -0.4 is 4.74 Å². The highest BCUT2D eigenvalue weighted by Gasteiger charge is 2.03. The van der Waals surface area contributed by atoms with Crippen molar-refractivity contribution in [1.29, 1.82) is 0 Å². The Morgan fingerprint density at radius 2 is 1.94 bits per heavy atom. The van der Waals surface area contributed by atoms with Crippen molar-refractivity contribution in [2.75, 3.05) is 11.9 Å². The summed E-state index contributed by atoms with van der Waals surface area (Å²) < 4.78 is 6.86. The summed E-state index contributed by atoms with van der Waals surface area (Å²) in [5, 5.41) is 1.90. The van der Waals surface area contributed by atoms with E-state index < -0.39 is 0 Å². The predicted molar refractivity (Wildman–Crippen MR) is 77.4 cm³/mol. The molecule has 2 aromatic rings. The highest BCUT2D eigenvalue weighted by molar-refractivity contribution is 9.09. The fraction of sp³-hybridized carbons (Fsp3) is 0.462. The topological polar surface area (TPSA) is 22.1 Å². The lowest BCUT2D eigenvalue weighted by Crippen LogP contribution is -1.96. The first kappa shape index (κ1) is 12.8. The van der Waals surface area contributed by atoms with Crippen LogP contribution >= 0.6 is 27.3 Å². The number of fused-ring (bicyclic) bond motifs is 1. The van der Waals surface area contributed by atoms with E-state index in [0.29, 0.717) is 0 Å². The zero-order valence-corrected chi connectivity index (χ0v) is 12.1. The standard InChI is InChI=1S/C13H16BrNOS/c14-9-5-1-2-6-10-16-13-15-11-7-3-4-8-12(11)17-13/h3-4,7-8H,1-2,5-6,9-10H2. The average Bonchev–Trinajstić information content (AvgIpc) is 2.76. The number of para-hydroxylation sites is 1. The lowest BCUT2D eigenvalue weighted by atomic mass is 10.2. The van der Waals surface area contributed by atoms with E-state index in [1.165, 1.54) is 24.0 Å². The van der Waals surface area contributed by atoms with Crippen LogP contribution in [0.15, 0.2) is 24.3 Å². The third kappa shape index (κ3) is 3.96. The van der Waals surface area contributed by atoms with Crippen molar-refractivity contribution in [1.82, 2.24) is 4.98 Å². The van der Waals surface area contributed by atoms with Crippen LogP contribution in [0.1, 0.15) is 25.7 Å². The Hall–Kier alpha value is -0.610. The van der Waals surface area contributed by atoms with Gasteiger partial charge in [0.05, 0.1) is 16.8 Å². The van der Waals surface area contributed by atoms with E-state index in [2.05, 4.69) is 27.0 Å². The first-order valence-electron chi connectivity index (χ1n) is 5.94. The molecule has 4 heteroatoms. The predicted octanol–water partition coefficient (Wildman–Crippen LogP) is 4.63. The molecule has 92 valence electrons. The Morgan fingerprint density at radius 3 is 2.76 bits per heavy atom. The average molecular weight is 314 g/mol. The monoisotopic (exact) mass is 313 g/mol. The molecule has 17 heavy (non-hydrogen) atoms. The zero-order valence-electron chi connectivity index (χ0n) is 9.69. The van der Waals surface area contributed by atoms with E-state index in [1.54, 1.807) is 11.3 Å². The van der Waals surface area contributed by atoms with Gasteiger partial charge in [0.15, 0.2) is 0 Å². The van der Waals surface area contributed by atoms with Crippen LogP contribution in [0.25, 0.3) is 10.2 Å². The molecule has 0 aliphatic carbocycles. The minimum Gasteiger partial charge on any atom is -0.470 e. The number of benzene rings is 1. The van der Waals surface area contributed by atoms with Crippen molar-refractivity contribution in [3.05, 3.63) is 24.3 Å². The van der Waals surface area contributed by atoms with Crippen molar-refractivity contribution in [2.24, 2.45) is 0 Å². The summed E-state index contributed by atoms with van der Waals surface area (Å²) in [6.45, 7) is 0.780. The van der Waals surface area contributed by atoms with Crippen LogP contribution in [0, 0.1) is 0 Å². The van der Waals surface area contributed by atoms with Gasteiger partial charge >= 0.3 is 0 Å². The molecule has 1 aromatic heterocycles. The van der Waals surface area contributed by atoms with Gasteiger partial charge in [-0.3, -0.25) is 0 Å².